The average molecular weight is 457 g/mol. The largest absolute Gasteiger partial charge is 0.272 e. The molecule has 3 aromatic rings. The van der Waals surface area contributed by atoms with Crippen LogP contribution in [0.15, 0.2) is 68.4 Å². The topological polar surface area (TPSA) is 67.2 Å². The smallest absolute Gasteiger partial charge is 0.250 e. The van der Waals surface area contributed by atoms with E-state index in [-0.39, 0.29) is 17.1 Å². The fourth-order valence-electron chi connectivity index (χ4n) is 2.44. The third kappa shape index (κ3) is 7.27. The second-order valence-electron chi connectivity index (χ2n) is 7.56. The van der Waals surface area contributed by atoms with Crippen molar-refractivity contribution in [1.29, 1.82) is 0 Å². The Balaban J connectivity index is 1.40. The minimum atomic E-state index is -0.170. The van der Waals surface area contributed by atoms with Gasteiger partial charge in [-0.2, -0.15) is 5.10 Å². The molecule has 5 nitrogen and oxygen atoms in total. The molecule has 0 spiro atoms. The molecule has 0 unspecified atom stereocenters. The molecule has 0 fully saturated rings. The Bertz CT molecular complexity index is 980. The monoisotopic (exact) mass is 456 g/mol. The summed E-state index contributed by atoms with van der Waals surface area (Å²) in [4.78, 5) is 12.0. The van der Waals surface area contributed by atoms with E-state index < -0.39 is 0 Å². The number of nitrogens with one attached hydrogen (secondary N) is 1. The van der Waals surface area contributed by atoms with Gasteiger partial charge in [-0.05, 0) is 22.1 Å². The maximum atomic E-state index is 12.0. The van der Waals surface area contributed by atoms with Gasteiger partial charge < -0.3 is 0 Å². The molecule has 1 heterocycles. The quantitative estimate of drug-likeness (QED) is 0.280. The van der Waals surface area contributed by atoms with E-state index in [0.29, 0.717) is 0 Å². The van der Waals surface area contributed by atoms with Crippen molar-refractivity contribution in [2.75, 3.05) is 5.75 Å². The SMILES string of the molecule is CC(C)(C)c1ccc(/C=N/NC(=O)CSc2nnc(SCc3ccccc3)s2)cc1. The molecule has 0 saturated carbocycles. The van der Waals surface area contributed by atoms with Gasteiger partial charge in [-0.15, -0.1) is 10.2 Å². The normalized spacial score (nSPS) is 11.7. The van der Waals surface area contributed by atoms with E-state index in [4.69, 9.17) is 0 Å². The predicted octanol–water partition coefficient (Wildman–Crippen LogP) is 5.37. The minimum absolute atomic E-state index is 0.117. The van der Waals surface area contributed by atoms with Crippen molar-refractivity contribution in [2.45, 2.75) is 40.6 Å². The Kier molecular flexibility index (Phi) is 8.07. The average Bonchev–Trinajstić information content (AvgIpc) is 3.19. The molecule has 0 aliphatic heterocycles. The molecule has 0 saturated heterocycles. The van der Waals surface area contributed by atoms with Crippen molar-refractivity contribution in [3.05, 3.63) is 71.3 Å². The van der Waals surface area contributed by atoms with Crippen LogP contribution in [-0.4, -0.2) is 28.1 Å². The molecule has 1 aromatic heterocycles. The highest BCUT2D eigenvalue weighted by Crippen LogP contribution is 2.30. The third-order valence-electron chi connectivity index (χ3n) is 4.10. The number of carbonyl (C=O) groups excluding carboxylic acids is 1. The van der Waals surface area contributed by atoms with Crippen molar-refractivity contribution < 1.29 is 4.79 Å². The lowest BCUT2D eigenvalue weighted by Gasteiger charge is -2.18. The zero-order chi connectivity index (χ0) is 21.4. The first kappa shape index (κ1) is 22.5. The lowest BCUT2D eigenvalue weighted by Crippen LogP contribution is -2.19. The van der Waals surface area contributed by atoms with Crippen LogP contribution in [0.5, 0.6) is 0 Å². The van der Waals surface area contributed by atoms with Gasteiger partial charge in [-0.3, -0.25) is 4.79 Å². The standard InChI is InChI=1S/C22H24N4OS3/c1-22(2,3)18-11-9-16(10-12-18)13-23-24-19(27)15-29-21-26-25-20(30-21)28-14-17-7-5-4-6-8-17/h4-13H,14-15H2,1-3H3,(H,24,27)/b23-13+. The molecular weight excluding hydrogens is 432 g/mol. The van der Waals surface area contributed by atoms with E-state index in [2.05, 4.69) is 65.8 Å². The van der Waals surface area contributed by atoms with Gasteiger partial charge in [0.25, 0.3) is 5.91 Å². The number of aromatic nitrogens is 2. The zero-order valence-corrected chi connectivity index (χ0v) is 19.6. The summed E-state index contributed by atoms with van der Waals surface area (Å²) in [6.45, 7) is 6.53. The van der Waals surface area contributed by atoms with Crippen LogP contribution in [0.25, 0.3) is 0 Å². The zero-order valence-electron chi connectivity index (χ0n) is 17.2. The number of amides is 1. The van der Waals surface area contributed by atoms with Crippen molar-refractivity contribution in [3.63, 3.8) is 0 Å². The third-order valence-corrected chi connectivity index (χ3v) is 7.36. The van der Waals surface area contributed by atoms with Gasteiger partial charge in [0.2, 0.25) is 0 Å². The Hall–Kier alpha value is -2.16. The van der Waals surface area contributed by atoms with Crippen LogP contribution < -0.4 is 5.43 Å². The number of carbonyl (C=O) groups is 1. The maximum absolute atomic E-state index is 12.0. The van der Waals surface area contributed by atoms with Crippen molar-refractivity contribution in [2.24, 2.45) is 5.10 Å². The van der Waals surface area contributed by atoms with Gasteiger partial charge in [0, 0.05) is 5.75 Å². The molecular formula is C22H24N4OS3. The van der Waals surface area contributed by atoms with Crippen LogP contribution in [0.3, 0.4) is 0 Å². The van der Waals surface area contributed by atoms with Crippen LogP contribution in [0.2, 0.25) is 0 Å². The molecule has 0 radical (unpaired) electrons. The maximum Gasteiger partial charge on any atom is 0.250 e. The highest BCUT2D eigenvalue weighted by molar-refractivity contribution is 8.03. The van der Waals surface area contributed by atoms with Crippen LogP contribution in [-0.2, 0) is 16.0 Å². The van der Waals surface area contributed by atoms with Crippen LogP contribution in [0, 0.1) is 0 Å². The van der Waals surface area contributed by atoms with Crippen molar-refractivity contribution in [3.8, 4) is 0 Å². The molecule has 30 heavy (non-hydrogen) atoms. The highest BCUT2D eigenvalue weighted by atomic mass is 32.2. The number of hydrazone groups is 1. The fraction of sp³-hybridized carbons (Fsp3) is 0.273. The van der Waals surface area contributed by atoms with Crippen LogP contribution >= 0.6 is 34.9 Å². The summed E-state index contributed by atoms with van der Waals surface area (Å²) in [7, 11) is 0. The molecule has 3 rings (SSSR count). The van der Waals surface area contributed by atoms with E-state index in [9.17, 15) is 4.79 Å². The Labute approximate surface area is 189 Å². The molecule has 0 aliphatic rings. The summed E-state index contributed by atoms with van der Waals surface area (Å²) >= 11 is 4.52. The predicted molar refractivity (Wildman–Crippen MR) is 128 cm³/mol. The van der Waals surface area contributed by atoms with Gasteiger partial charge in [0.05, 0.1) is 12.0 Å². The lowest BCUT2D eigenvalue weighted by molar-refractivity contribution is -0.118. The second kappa shape index (κ2) is 10.7. The number of thioether (sulfide) groups is 2. The van der Waals surface area contributed by atoms with E-state index in [1.54, 1.807) is 18.0 Å². The first-order valence-electron chi connectivity index (χ1n) is 9.45. The summed E-state index contributed by atoms with van der Waals surface area (Å²) in [5.74, 6) is 0.931. The fourth-order valence-corrected chi connectivity index (χ4v) is 5.21. The number of rotatable bonds is 8. The number of hydrogen-bond donors (Lipinski definition) is 1. The lowest BCUT2D eigenvalue weighted by atomic mass is 9.87. The molecule has 0 aliphatic carbocycles. The van der Waals surface area contributed by atoms with Gasteiger partial charge in [-0.25, -0.2) is 5.43 Å². The van der Waals surface area contributed by atoms with Gasteiger partial charge in [-0.1, -0.05) is 110 Å². The first-order chi connectivity index (χ1) is 14.4. The number of benzene rings is 2. The van der Waals surface area contributed by atoms with Crippen molar-refractivity contribution in [1.82, 2.24) is 15.6 Å². The molecule has 0 bridgehead atoms. The molecule has 2 aromatic carbocycles. The van der Waals surface area contributed by atoms with Crippen molar-refractivity contribution >= 4 is 47.0 Å². The summed E-state index contributed by atoms with van der Waals surface area (Å²) in [5.41, 5.74) is 6.13. The first-order valence-corrected chi connectivity index (χ1v) is 12.2. The Morgan fingerprint density at radius 1 is 1.03 bits per heavy atom. The summed E-state index contributed by atoms with van der Waals surface area (Å²) in [6, 6.07) is 18.4. The van der Waals surface area contributed by atoms with Gasteiger partial charge in [0.15, 0.2) is 8.68 Å². The van der Waals surface area contributed by atoms with E-state index in [1.807, 2.05) is 30.3 Å². The summed E-state index contributed by atoms with van der Waals surface area (Å²) in [5, 5.41) is 12.4. The number of nitrogens with zero attached hydrogens (tertiary/aromatic N) is 3. The van der Waals surface area contributed by atoms with E-state index in [0.717, 1.165) is 20.0 Å². The number of hydrogen-bond acceptors (Lipinski definition) is 7. The summed E-state index contributed by atoms with van der Waals surface area (Å²) < 4.78 is 1.68. The van der Waals surface area contributed by atoms with Gasteiger partial charge in [0.1, 0.15) is 0 Å². The molecule has 0 atom stereocenters. The van der Waals surface area contributed by atoms with Crippen LogP contribution in [0.4, 0.5) is 0 Å². The highest BCUT2D eigenvalue weighted by Gasteiger charge is 2.12. The molecule has 156 valence electrons. The molecule has 1 amide bonds. The Morgan fingerprint density at radius 2 is 1.70 bits per heavy atom. The minimum Gasteiger partial charge on any atom is -0.272 e. The Morgan fingerprint density at radius 3 is 2.37 bits per heavy atom. The molecule has 8 heteroatoms. The van der Waals surface area contributed by atoms with Gasteiger partial charge >= 0.3 is 0 Å². The van der Waals surface area contributed by atoms with Crippen LogP contribution in [0.1, 0.15) is 37.5 Å². The molecule has 1 N–H and O–H groups in total. The summed E-state index contributed by atoms with van der Waals surface area (Å²) in [6.07, 6.45) is 1.65. The second-order valence-corrected chi connectivity index (χ2v) is 11.0. The van der Waals surface area contributed by atoms with E-state index in [1.165, 1.54) is 34.2 Å². The van der Waals surface area contributed by atoms with E-state index >= 15 is 0 Å².